The molecule has 0 bridgehead atoms. The summed E-state index contributed by atoms with van der Waals surface area (Å²) < 4.78 is 140. The zero-order valence-corrected chi connectivity index (χ0v) is 70.9. The Bertz CT molecular complexity index is 6550. The molecule has 15 rings (SSSR count). The molecule has 0 atom stereocenters. The number of aromatic nitrogens is 8. The Balaban J connectivity index is 0.000000157. The van der Waals surface area contributed by atoms with Crippen LogP contribution in [0.3, 0.4) is 0 Å². The van der Waals surface area contributed by atoms with Gasteiger partial charge in [-0.25, -0.2) is 49.9 Å². The molecule has 130 heavy (non-hydrogen) atoms. The summed E-state index contributed by atoms with van der Waals surface area (Å²) in [6.45, 7) is 7.05. The molecule has 34 nitrogen and oxygen atoms in total. The van der Waals surface area contributed by atoms with E-state index in [0.29, 0.717) is 28.7 Å². The topological polar surface area (TPSA) is 453 Å². The number of amides is 9. The molecule has 0 radical (unpaired) electrons. The number of aryl methyl sites for hydroxylation is 1. The predicted octanol–water partition coefficient (Wildman–Crippen LogP) is 16.5. The molecule has 5 N–H and O–H groups in total. The Labute approximate surface area is 737 Å². The molecule has 14 aromatic rings. The zero-order chi connectivity index (χ0) is 92.3. The second-order valence-electron chi connectivity index (χ2n) is 27.8. The summed E-state index contributed by atoms with van der Waals surface area (Å²) in [6, 6.07) is 62.8. The van der Waals surface area contributed by atoms with Crippen molar-refractivity contribution in [3.05, 3.63) is 305 Å². The third-order valence-corrected chi connectivity index (χ3v) is 21.6. The predicted molar refractivity (Wildman–Crippen MR) is 458 cm³/mol. The second kappa shape index (κ2) is 44.4. The minimum atomic E-state index is -4.16. The highest BCUT2D eigenvalue weighted by molar-refractivity contribution is 7.90. The van der Waals surface area contributed by atoms with Crippen LogP contribution in [0.15, 0.2) is 272 Å². The van der Waals surface area contributed by atoms with Gasteiger partial charge in [0.1, 0.15) is 29.4 Å². The SMILES string of the molecule is CCOP(=O)(COC(=O)NC(=O)c1cccc(-c2noc(-c3ccccc3F)n2)c1)OCC.CN1CCC(OC(=O)NC(=O)c2cccc(-c3noc(-c4ccccc4F)n3)c2)CC1.Cc1ccc(S(=O)(=O)NC(=O)NC(=O)c2cccc(-c3noc(-c4ccccc4F)n3)c2)cc1.O=C(NC(=O)c1cccc(-c2noc(-c3ccccc3F)n2)c1)OCCc1ccccc1. The lowest BCUT2D eigenvalue weighted by Gasteiger charge is -2.28. The fraction of sp³-hybridized carbons (Fsp3) is 0.156. The number of likely N-dealkylation sites (tertiary alicyclic amines) is 1. The molecule has 10 aromatic carbocycles. The van der Waals surface area contributed by atoms with Gasteiger partial charge in [-0.2, -0.15) is 19.9 Å². The Morgan fingerprint density at radius 1 is 0.431 bits per heavy atom. The van der Waals surface area contributed by atoms with E-state index in [1.165, 1.54) is 121 Å². The van der Waals surface area contributed by atoms with E-state index in [1.54, 1.807) is 123 Å². The number of alkyl carbamates (subject to hydrolysis) is 3. The summed E-state index contributed by atoms with van der Waals surface area (Å²) in [5, 5.41) is 23.8. The largest absolute Gasteiger partial charge is 0.449 e. The molecule has 1 fully saturated rings. The number of ether oxygens (including phenoxy) is 3. The van der Waals surface area contributed by atoms with Gasteiger partial charge in [0.05, 0.1) is 47.0 Å². The highest BCUT2D eigenvalue weighted by atomic mass is 32.2. The molecular formula is C90H77F4N14O20PS. The summed E-state index contributed by atoms with van der Waals surface area (Å²) in [5.74, 6) is -4.27. The van der Waals surface area contributed by atoms with Crippen LogP contribution in [-0.2, 0) is 44.3 Å². The first-order valence-corrected chi connectivity index (χ1v) is 42.7. The maximum Gasteiger partial charge on any atom is 0.414 e. The van der Waals surface area contributed by atoms with Crippen molar-refractivity contribution in [1.82, 2.24) is 71.5 Å². The molecule has 1 aliphatic rings. The lowest BCUT2D eigenvalue weighted by atomic mass is 10.1. The van der Waals surface area contributed by atoms with Crippen LogP contribution in [-0.4, -0.2) is 154 Å². The van der Waals surface area contributed by atoms with E-state index in [9.17, 15) is 68.9 Å². The van der Waals surface area contributed by atoms with Crippen LogP contribution in [0.2, 0.25) is 0 Å². The van der Waals surface area contributed by atoms with Gasteiger partial charge in [-0.3, -0.25) is 45.0 Å². The number of nitrogens with one attached hydrogen (secondary N) is 5. The van der Waals surface area contributed by atoms with Gasteiger partial charge in [0.2, 0.25) is 23.3 Å². The molecule has 4 aromatic heterocycles. The first-order valence-electron chi connectivity index (χ1n) is 39.5. The molecule has 0 aliphatic carbocycles. The standard InChI is InChI=1S/C24H18FN3O4.C23H17FN4O5S.C22H21FN4O4.C21H21FN3O7P/c25-20-12-5-4-11-19(20)23-26-21(28-32-23)17-9-6-10-18(15-17)22(29)27-24(30)31-14-13-16-7-2-1-3-8-16;1-14-9-11-17(12-10-14)34(31,32)28-23(30)26-21(29)16-6-4-5-15(13-16)20-25-22(33-27-20)18-7-2-3-8-19(18)24;1-27-11-9-16(10-12-27)30-22(29)25-20(28)15-6-4-5-14(13-15)19-24-21(31-26-19)17-7-2-3-8-18(17)23;1-3-30-33(28,31-4-2)13-29-21(27)24-19(26)15-9-7-8-14(12-15)18-23-20(32-25-18)16-10-5-6-11-17(16)22/h1-12,15H,13-14H2,(H,27,29,30);2-13H,1H3,(H2,26,28,29,30);2-8,13,16H,9-12H2,1H3,(H,25,28,29);5-12H,3-4,13H2,1-2H3,(H,24,26,27). The molecule has 0 spiro atoms. The Kier molecular flexibility index (Phi) is 32.0. The summed E-state index contributed by atoms with van der Waals surface area (Å²) in [7, 11) is -5.76. The zero-order valence-electron chi connectivity index (χ0n) is 69.2. The number of halogens is 4. The molecule has 9 amide bonds. The van der Waals surface area contributed by atoms with E-state index >= 15 is 0 Å². The number of carbonyl (C=O) groups excluding carboxylic acids is 8. The average molecular weight is 1810 g/mol. The molecule has 40 heteroatoms. The molecular weight excluding hydrogens is 1740 g/mol. The first kappa shape index (κ1) is 93.5. The maximum absolute atomic E-state index is 14.0. The number of hydrogen-bond donors (Lipinski definition) is 5. The van der Waals surface area contributed by atoms with Crippen LogP contribution < -0.4 is 26.0 Å². The molecule has 666 valence electrons. The smallest absolute Gasteiger partial charge is 0.414 e. The summed E-state index contributed by atoms with van der Waals surface area (Å²) >= 11 is 0. The molecule has 1 saturated heterocycles. The molecule has 0 unspecified atom stereocenters. The van der Waals surface area contributed by atoms with Gasteiger partial charge in [-0.15, -0.1) is 0 Å². The van der Waals surface area contributed by atoms with Crippen LogP contribution in [0.25, 0.3) is 91.4 Å². The molecule has 1 aliphatic heterocycles. The van der Waals surface area contributed by atoms with Gasteiger partial charge in [0.25, 0.3) is 57.2 Å². The Hall–Kier alpha value is -15.7. The number of sulfonamides is 1. The van der Waals surface area contributed by atoms with Crippen LogP contribution in [0.1, 0.15) is 79.2 Å². The number of hydrogen-bond acceptors (Lipinski definition) is 29. The van der Waals surface area contributed by atoms with Crippen LogP contribution in [0, 0.1) is 30.2 Å². The average Bonchev–Trinajstić information content (AvgIpc) is 1.58. The van der Waals surface area contributed by atoms with Crippen molar-refractivity contribution in [2.45, 2.75) is 51.0 Å². The highest BCUT2D eigenvalue weighted by Crippen LogP contribution is 2.48. The van der Waals surface area contributed by atoms with E-state index in [1.807, 2.05) is 48.0 Å². The minimum absolute atomic E-state index is 0.0189. The van der Waals surface area contributed by atoms with Gasteiger partial charge in [0.15, 0.2) is 6.35 Å². The second-order valence-corrected chi connectivity index (χ2v) is 31.5. The number of imide groups is 4. The first-order chi connectivity index (χ1) is 62.7. The highest BCUT2D eigenvalue weighted by Gasteiger charge is 2.29. The summed E-state index contributed by atoms with van der Waals surface area (Å²) in [4.78, 5) is 117. The number of nitrogens with zero attached hydrogens (tertiary/aromatic N) is 9. The van der Waals surface area contributed by atoms with E-state index in [2.05, 4.69) is 56.1 Å². The van der Waals surface area contributed by atoms with Crippen molar-refractivity contribution in [2.24, 2.45) is 0 Å². The van der Waals surface area contributed by atoms with Gasteiger partial charge in [-0.05, 0) is 155 Å². The number of carbonyl (C=O) groups is 8. The fourth-order valence-corrected chi connectivity index (χ4v) is 14.2. The number of rotatable bonds is 24. The lowest BCUT2D eigenvalue weighted by molar-refractivity contribution is 0.0549. The monoisotopic (exact) mass is 1810 g/mol. The third kappa shape index (κ3) is 26.0. The lowest BCUT2D eigenvalue weighted by Crippen LogP contribution is -2.42. The van der Waals surface area contributed by atoms with E-state index < -0.39 is 95.2 Å². The van der Waals surface area contributed by atoms with Crippen molar-refractivity contribution in [2.75, 3.05) is 46.3 Å². The van der Waals surface area contributed by atoms with Gasteiger partial charge in [0, 0.05) is 64.0 Å². The van der Waals surface area contributed by atoms with Crippen molar-refractivity contribution >= 4 is 65.6 Å². The fourth-order valence-electron chi connectivity index (χ4n) is 12.0. The third-order valence-electron chi connectivity index (χ3n) is 18.5. The van der Waals surface area contributed by atoms with Crippen molar-refractivity contribution in [1.29, 1.82) is 0 Å². The van der Waals surface area contributed by atoms with E-state index in [4.69, 9.17) is 41.4 Å². The Morgan fingerprint density at radius 2 is 0.769 bits per heavy atom. The quantitative estimate of drug-likeness (QED) is 0.0213. The molecule has 0 saturated carbocycles. The van der Waals surface area contributed by atoms with Crippen LogP contribution in [0.4, 0.5) is 36.7 Å². The van der Waals surface area contributed by atoms with Crippen molar-refractivity contribution in [3.8, 4) is 91.4 Å². The van der Waals surface area contributed by atoms with Crippen LogP contribution >= 0.6 is 7.60 Å². The van der Waals surface area contributed by atoms with Gasteiger partial charge < -0.3 is 46.3 Å². The van der Waals surface area contributed by atoms with E-state index in [-0.39, 0.29) is 122 Å². The van der Waals surface area contributed by atoms with Crippen molar-refractivity contribution < 1.29 is 110 Å². The number of urea groups is 1. The van der Waals surface area contributed by atoms with Crippen LogP contribution in [0.5, 0.6) is 0 Å². The van der Waals surface area contributed by atoms with Gasteiger partial charge in [-0.1, -0.05) is 166 Å². The minimum Gasteiger partial charge on any atom is -0.449 e. The normalized spacial score (nSPS) is 11.9. The maximum atomic E-state index is 14.0. The summed E-state index contributed by atoms with van der Waals surface area (Å²) in [6.07, 6.45) is -1.57. The van der Waals surface area contributed by atoms with Gasteiger partial charge >= 0.3 is 31.9 Å². The Morgan fingerprint density at radius 3 is 1.13 bits per heavy atom. The molecule has 5 heterocycles. The number of piperidine rings is 1. The number of benzene rings is 10. The summed E-state index contributed by atoms with van der Waals surface area (Å²) in [5.41, 5.74) is 4.81. The van der Waals surface area contributed by atoms with Crippen molar-refractivity contribution in [3.63, 3.8) is 0 Å². The van der Waals surface area contributed by atoms with E-state index in [0.717, 1.165) is 37.1 Å².